The third-order valence-electron chi connectivity index (χ3n) is 4.92. The second-order valence-electron chi connectivity index (χ2n) is 6.81. The van der Waals surface area contributed by atoms with E-state index in [-0.39, 0.29) is 24.0 Å². The Balaban J connectivity index is 0.00000288. The molecule has 0 aromatic heterocycles. The number of rotatable bonds is 8. The smallest absolute Gasteiger partial charge is 0.191 e. The van der Waals surface area contributed by atoms with Crippen molar-refractivity contribution in [3.8, 4) is 0 Å². The molecule has 0 unspecified atom stereocenters. The van der Waals surface area contributed by atoms with Crippen LogP contribution in [-0.4, -0.2) is 63.3 Å². The zero-order valence-corrected chi connectivity index (χ0v) is 17.7. The first-order valence-corrected chi connectivity index (χ1v) is 9.67. The fourth-order valence-electron chi connectivity index (χ4n) is 3.54. The molecule has 1 aliphatic carbocycles. The van der Waals surface area contributed by atoms with E-state index in [0.717, 1.165) is 25.7 Å². The maximum atomic E-state index is 6.00. The minimum Gasteiger partial charge on any atom is -0.376 e. The van der Waals surface area contributed by atoms with Crippen LogP contribution >= 0.6 is 24.0 Å². The molecule has 1 saturated carbocycles. The van der Waals surface area contributed by atoms with Gasteiger partial charge in [0.05, 0.1) is 12.7 Å². The van der Waals surface area contributed by atoms with Crippen LogP contribution < -0.4 is 10.6 Å². The molecule has 1 aliphatic heterocycles. The zero-order valence-electron chi connectivity index (χ0n) is 15.4. The van der Waals surface area contributed by atoms with Gasteiger partial charge in [-0.2, -0.15) is 0 Å². The minimum atomic E-state index is 0. The number of nitrogens with zero attached hydrogens (tertiary/aromatic N) is 2. The van der Waals surface area contributed by atoms with E-state index in [1.807, 2.05) is 7.05 Å². The van der Waals surface area contributed by atoms with Gasteiger partial charge in [0, 0.05) is 20.1 Å². The van der Waals surface area contributed by atoms with Crippen molar-refractivity contribution in [2.45, 2.75) is 63.9 Å². The maximum Gasteiger partial charge on any atom is 0.191 e. The molecule has 2 rings (SSSR count). The molecule has 2 aliphatic rings. The summed E-state index contributed by atoms with van der Waals surface area (Å²) < 4.78 is 6.00. The Morgan fingerprint density at radius 1 is 1.00 bits per heavy atom. The number of guanidine groups is 1. The normalized spacial score (nSPS) is 20.5. The monoisotopic (exact) mass is 452 g/mol. The van der Waals surface area contributed by atoms with E-state index >= 15 is 0 Å². The molecule has 142 valence electrons. The van der Waals surface area contributed by atoms with Crippen LogP contribution in [0.2, 0.25) is 0 Å². The fraction of sp³-hybridized carbons (Fsp3) is 0.944. The van der Waals surface area contributed by atoms with E-state index in [0.29, 0.717) is 6.10 Å². The molecule has 0 atom stereocenters. The van der Waals surface area contributed by atoms with E-state index in [1.165, 1.54) is 77.4 Å². The molecule has 2 fully saturated rings. The van der Waals surface area contributed by atoms with Crippen LogP contribution in [0.15, 0.2) is 4.99 Å². The van der Waals surface area contributed by atoms with Crippen LogP contribution in [0.5, 0.6) is 0 Å². The topological polar surface area (TPSA) is 48.9 Å². The van der Waals surface area contributed by atoms with Crippen LogP contribution in [0.3, 0.4) is 0 Å². The van der Waals surface area contributed by atoms with Gasteiger partial charge >= 0.3 is 0 Å². The van der Waals surface area contributed by atoms with Crippen LogP contribution in [0.1, 0.15) is 57.8 Å². The summed E-state index contributed by atoms with van der Waals surface area (Å²) in [5.41, 5.74) is 0. The van der Waals surface area contributed by atoms with Gasteiger partial charge in [-0.3, -0.25) is 4.99 Å². The highest BCUT2D eigenvalue weighted by atomic mass is 127. The molecule has 0 amide bonds. The van der Waals surface area contributed by atoms with Gasteiger partial charge in [-0.05, 0) is 51.7 Å². The number of halogens is 1. The first-order chi connectivity index (χ1) is 11.4. The summed E-state index contributed by atoms with van der Waals surface area (Å²) in [4.78, 5) is 6.84. The molecule has 1 saturated heterocycles. The maximum absolute atomic E-state index is 6.00. The molecule has 0 radical (unpaired) electrons. The van der Waals surface area contributed by atoms with Crippen molar-refractivity contribution in [1.82, 2.24) is 15.5 Å². The van der Waals surface area contributed by atoms with E-state index < -0.39 is 0 Å². The first kappa shape index (κ1) is 22.0. The molecule has 0 spiro atoms. The van der Waals surface area contributed by atoms with Gasteiger partial charge in [0.2, 0.25) is 0 Å². The van der Waals surface area contributed by atoms with Gasteiger partial charge < -0.3 is 20.3 Å². The van der Waals surface area contributed by atoms with E-state index in [1.54, 1.807) is 0 Å². The molecule has 0 bridgehead atoms. The summed E-state index contributed by atoms with van der Waals surface area (Å²) in [5, 5.41) is 6.75. The molecule has 2 N–H and O–H groups in total. The molecule has 1 heterocycles. The van der Waals surface area contributed by atoms with E-state index in [2.05, 4.69) is 20.5 Å². The lowest BCUT2D eigenvalue weighted by atomic mass is 10.1. The minimum absolute atomic E-state index is 0. The molecular weight excluding hydrogens is 415 g/mol. The lowest BCUT2D eigenvalue weighted by Crippen LogP contribution is -2.40. The highest BCUT2D eigenvalue weighted by Gasteiger charge is 2.12. The quantitative estimate of drug-likeness (QED) is 0.196. The lowest BCUT2D eigenvalue weighted by Gasteiger charge is -2.17. The van der Waals surface area contributed by atoms with Gasteiger partial charge in [0.15, 0.2) is 5.96 Å². The SMILES string of the molecule is CN=C(NCCCN1CCCC1)NCCOC1CCCCCC1.I. The molecule has 5 nitrogen and oxygen atoms in total. The van der Waals surface area contributed by atoms with E-state index in [9.17, 15) is 0 Å². The van der Waals surface area contributed by atoms with Crippen LogP contribution in [-0.2, 0) is 4.74 Å². The Bertz CT molecular complexity index is 327. The lowest BCUT2D eigenvalue weighted by molar-refractivity contribution is 0.0468. The number of nitrogens with one attached hydrogen (secondary N) is 2. The van der Waals surface area contributed by atoms with Crippen molar-refractivity contribution < 1.29 is 4.74 Å². The van der Waals surface area contributed by atoms with Crippen molar-refractivity contribution in [3.05, 3.63) is 0 Å². The van der Waals surface area contributed by atoms with Gasteiger partial charge in [0.25, 0.3) is 0 Å². The Morgan fingerprint density at radius 3 is 2.33 bits per heavy atom. The average molecular weight is 452 g/mol. The second kappa shape index (κ2) is 14.1. The summed E-state index contributed by atoms with van der Waals surface area (Å²) in [6.45, 7) is 6.37. The summed E-state index contributed by atoms with van der Waals surface area (Å²) >= 11 is 0. The molecule has 6 heteroatoms. The molecule has 24 heavy (non-hydrogen) atoms. The van der Waals surface area contributed by atoms with Crippen molar-refractivity contribution in [2.75, 3.05) is 46.4 Å². The largest absolute Gasteiger partial charge is 0.376 e. The Morgan fingerprint density at radius 2 is 1.67 bits per heavy atom. The van der Waals surface area contributed by atoms with E-state index in [4.69, 9.17) is 4.74 Å². The third kappa shape index (κ3) is 9.42. The first-order valence-electron chi connectivity index (χ1n) is 9.67. The summed E-state index contributed by atoms with van der Waals surface area (Å²) in [7, 11) is 1.84. The van der Waals surface area contributed by atoms with Gasteiger partial charge in [0.1, 0.15) is 0 Å². The van der Waals surface area contributed by atoms with Gasteiger partial charge in [-0.1, -0.05) is 25.7 Å². The zero-order chi connectivity index (χ0) is 16.2. The Hall–Kier alpha value is -0.0800. The number of hydrogen-bond acceptors (Lipinski definition) is 3. The molecule has 0 aromatic rings. The van der Waals surface area contributed by atoms with Crippen molar-refractivity contribution >= 4 is 29.9 Å². The molecule has 0 aromatic carbocycles. The predicted molar refractivity (Wildman–Crippen MR) is 113 cm³/mol. The summed E-state index contributed by atoms with van der Waals surface area (Å²) in [6.07, 6.45) is 12.3. The summed E-state index contributed by atoms with van der Waals surface area (Å²) in [6, 6.07) is 0. The Labute approximate surface area is 165 Å². The second-order valence-corrected chi connectivity index (χ2v) is 6.81. The van der Waals surface area contributed by atoms with Gasteiger partial charge in [-0.25, -0.2) is 0 Å². The average Bonchev–Trinajstić information content (AvgIpc) is 2.95. The van der Waals surface area contributed by atoms with Crippen LogP contribution in [0.25, 0.3) is 0 Å². The Kier molecular flexibility index (Phi) is 12.9. The highest BCUT2D eigenvalue weighted by Crippen LogP contribution is 2.19. The standard InChI is InChI=1S/C18H36N4O.HI/c1-19-18(20-11-8-15-22-13-6-7-14-22)21-12-16-23-17-9-4-2-3-5-10-17;/h17H,2-16H2,1H3,(H2,19,20,21);1H. The van der Waals surface area contributed by atoms with Crippen molar-refractivity contribution in [2.24, 2.45) is 4.99 Å². The van der Waals surface area contributed by atoms with Crippen molar-refractivity contribution in [3.63, 3.8) is 0 Å². The number of hydrogen-bond donors (Lipinski definition) is 2. The van der Waals surface area contributed by atoms with Crippen LogP contribution in [0, 0.1) is 0 Å². The number of likely N-dealkylation sites (tertiary alicyclic amines) is 1. The summed E-state index contributed by atoms with van der Waals surface area (Å²) in [5.74, 6) is 0.899. The fourth-order valence-corrected chi connectivity index (χ4v) is 3.54. The van der Waals surface area contributed by atoms with Crippen molar-refractivity contribution in [1.29, 1.82) is 0 Å². The number of ether oxygens (including phenoxy) is 1. The predicted octanol–water partition coefficient (Wildman–Crippen LogP) is 2.99. The molecular formula is C18H37IN4O. The third-order valence-corrected chi connectivity index (χ3v) is 4.92. The van der Waals surface area contributed by atoms with Crippen LogP contribution in [0.4, 0.5) is 0 Å². The van der Waals surface area contributed by atoms with Gasteiger partial charge in [-0.15, -0.1) is 24.0 Å². The number of aliphatic imine (C=N–C) groups is 1. The highest BCUT2D eigenvalue weighted by molar-refractivity contribution is 14.0.